The zero-order chi connectivity index (χ0) is 22.4. The molecule has 0 bridgehead atoms. The number of nitrogens with zero attached hydrogens (tertiary/aromatic N) is 1. The van der Waals surface area contributed by atoms with Gasteiger partial charge in [0.05, 0.1) is 16.7 Å². The Morgan fingerprint density at radius 3 is 1.97 bits per heavy atom. The van der Waals surface area contributed by atoms with Crippen LogP contribution in [0.15, 0.2) is 48.5 Å². The molecule has 0 aliphatic heterocycles. The summed E-state index contributed by atoms with van der Waals surface area (Å²) < 4.78 is 43.0. The zero-order valence-corrected chi connectivity index (χ0v) is 17.5. The second-order valence-corrected chi connectivity index (χ2v) is 7.48. The van der Waals surface area contributed by atoms with E-state index in [1.165, 1.54) is 30.3 Å². The van der Waals surface area contributed by atoms with E-state index >= 15 is 0 Å². The summed E-state index contributed by atoms with van der Waals surface area (Å²) in [6, 6.07) is 13.7. The van der Waals surface area contributed by atoms with Gasteiger partial charge in [-0.25, -0.2) is 13.2 Å². The van der Waals surface area contributed by atoms with Gasteiger partial charge in [0.15, 0.2) is 0 Å². The fourth-order valence-corrected chi connectivity index (χ4v) is 3.41. The van der Waals surface area contributed by atoms with Crippen molar-refractivity contribution < 1.29 is 13.2 Å². The molecule has 0 N–H and O–H groups in total. The van der Waals surface area contributed by atoms with Crippen molar-refractivity contribution in [3.8, 4) is 29.0 Å². The first kappa shape index (κ1) is 22.2. The minimum Gasteiger partial charge on any atom is -0.206 e. The molecule has 156 valence electrons. The minimum absolute atomic E-state index is 0.0690. The molecule has 3 aromatic rings. The Morgan fingerprint density at radius 2 is 1.42 bits per heavy atom. The molecule has 0 heterocycles. The molecule has 0 aliphatic rings. The van der Waals surface area contributed by atoms with Crippen molar-refractivity contribution in [2.45, 2.75) is 39.5 Å². The largest absolute Gasteiger partial charge is 0.206 e. The third-order valence-corrected chi connectivity index (χ3v) is 5.13. The molecular formula is C27H22F3N. The topological polar surface area (TPSA) is 23.8 Å². The van der Waals surface area contributed by atoms with Gasteiger partial charge in [-0.1, -0.05) is 49.8 Å². The van der Waals surface area contributed by atoms with E-state index in [4.69, 9.17) is 5.26 Å². The van der Waals surface area contributed by atoms with Gasteiger partial charge in [0, 0.05) is 0 Å². The molecule has 0 aromatic heterocycles. The first-order chi connectivity index (χ1) is 14.9. The van der Waals surface area contributed by atoms with Crippen molar-refractivity contribution in [2.75, 3.05) is 0 Å². The third-order valence-electron chi connectivity index (χ3n) is 5.13. The van der Waals surface area contributed by atoms with Crippen molar-refractivity contribution in [3.63, 3.8) is 0 Å². The highest BCUT2D eigenvalue weighted by Gasteiger charge is 2.09. The number of halogens is 3. The predicted molar refractivity (Wildman–Crippen MR) is 117 cm³/mol. The summed E-state index contributed by atoms with van der Waals surface area (Å²) in [5, 5.41) is 8.82. The number of hydrogen-bond acceptors (Lipinski definition) is 1. The van der Waals surface area contributed by atoms with Crippen LogP contribution in [0.2, 0.25) is 0 Å². The van der Waals surface area contributed by atoms with Crippen molar-refractivity contribution >= 4 is 0 Å². The van der Waals surface area contributed by atoms with E-state index in [1.807, 2.05) is 6.07 Å². The summed E-state index contributed by atoms with van der Waals surface area (Å²) in [5.41, 5.74) is 2.91. The molecule has 0 fully saturated rings. The molecule has 3 aromatic carbocycles. The first-order valence-corrected chi connectivity index (χ1v) is 10.2. The van der Waals surface area contributed by atoms with Crippen LogP contribution in [0.5, 0.6) is 0 Å². The Labute approximate surface area is 181 Å². The number of hydrogen-bond donors (Lipinski definition) is 0. The van der Waals surface area contributed by atoms with Crippen LogP contribution in [0.4, 0.5) is 13.2 Å². The lowest BCUT2D eigenvalue weighted by Gasteiger charge is -2.06. The highest BCUT2D eigenvalue weighted by molar-refractivity contribution is 5.66. The quantitative estimate of drug-likeness (QED) is 0.321. The molecule has 0 aliphatic carbocycles. The fourth-order valence-electron chi connectivity index (χ4n) is 3.41. The smallest absolute Gasteiger partial charge is 0.141 e. The molecule has 0 saturated carbocycles. The van der Waals surface area contributed by atoms with Gasteiger partial charge >= 0.3 is 0 Å². The highest BCUT2D eigenvalue weighted by atomic mass is 19.1. The summed E-state index contributed by atoms with van der Waals surface area (Å²) in [6.07, 6.45) is 4.05. The number of unbranched alkanes of at least 4 members (excludes halogenated alkanes) is 2. The van der Waals surface area contributed by atoms with Gasteiger partial charge in [0.2, 0.25) is 0 Å². The van der Waals surface area contributed by atoms with Gasteiger partial charge in [0.25, 0.3) is 0 Å². The third kappa shape index (κ3) is 5.36. The zero-order valence-electron chi connectivity index (χ0n) is 17.5. The monoisotopic (exact) mass is 417 g/mol. The van der Waals surface area contributed by atoms with Crippen molar-refractivity contribution in [3.05, 3.63) is 93.8 Å². The Hall–Kier alpha value is -3.50. The maximum atomic E-state index is 14.6. The predicted octanol–water partition coefficient (Wildman–Crippen LogP) is 7.08. The molecule has 0 atom stereocenters. The highest BCUT2D eigenvalue weighted by Crippen LogP contribution is 2.24. The Bertz CT molecular complexity index is 1190. The van der Waals surface area contributed by atoms with Gasteiger partial charge in [0.1, 0.15) is 23.5 Å². The lowest BCUT2D eigenvalue weighted by atomic mass is 9.99. The average Bonchev–Trinajstić information content (AvgIpc) is 2.74. The summed E-state index contributed by atoms with van der Waals surface area (Å²) in [6.45, 7) is 3.92. The lowest BCUT2D eigenvalue weighted by molar-refractivity contribution is 0.618. The van der Waals surface area contributed by atoms with Crippen LogP contribution in [0.25, 0.3) is 11.1 Å². The van der Waals surface area contributed by atoms with Crippen molar-refractivity contribution in [1.82, 2.24) is 0 Å². The number of benzene rings is 3. The van der Waals surface area contributed by atoms with Crippen LogP contribution in [0, 0.1) is 47.5 Å². The SMILES string of the molecule is CCCCCc1cc(C)c(C#Cc2ccc(-c3ccc(C#N)c(F)c3)cc2F)c(F)c1. The Morgan fingerprint density at radius 1 is 0.774 bits per heavy atom. The van der Waals surface area contributed by atoms with Crippen LogP contribution in [-0.4, -0.2) is 0 Å². The van der Waals surface area contributed by atoms with Gasteiger partial charge in [-0.3, -0.25) is 0 Å². The van der Waals surface area contributed by atoms with Crippen molar-refractivity contribution in [1.29, 1.82) is 5.26 Å². The van der Waals surface area contributed by atoms with Gasteiger partial charge in [-0.2, -0.15) is 5.26 Å². The van der Waals surface area contributed by atoms with Crippen LogP contribution in [0.3, 0.4) is 0 Å². The lowest BCUT2D eigenvalue weighted by Crippen LogP contribution is -1.95. The van der Waals surface area contributed by atoms with Gasteiger partial charge in [-0.05, 0) is 72.4 Å². The molecule has 0 amide bonds. The molecule has 0 saturated heterocycles. The maximum absolute atomic E-state index is 14.6. The van der Waals surface area contributed by atoms with Gasteiger partial charge < -0.3 is 0 Å². The van der Waals surface area contributed by atoms with E-state index in [0.29, 0.717) is 11.1 Å². The summed E-state index contributed by atoms with van der Waals surface area (Å²) in [7, 11) is 0. The molecular weight excluding hydrogens is 395 g/mol. The summed E-state index contributed by atoms with van der Waals surface area (Å²) in [4.78, 5) is 0. The van der Waals surface area contributed by atoms with E-state index in [0.717, 1.165) is 36.8 Å². The fraction of sp³-hybridized carbons (Fsp3) is 0.222. The van der Waals surface area contributed by atoms with E-state index in [9.17, 15) is 13.2 Å². The molecule has 4 heteroatoms. The average molecular weight is 417 g/mol. The Kier molecular flexibility index (Phi) is 7.16. The van der Waals surface area contributed by atoms with Crippen LogP contribution in [-0.2, 0) is 6.42 Å². The molecule has 0 radical (unpaired) electrons. The molecule has 0 unspecified atom stereocenters. The van der Waals surface area contributed by atoms with Crippen LogP contribution < -0.4 is 0 Å². The Balaban J connectivity index is 1.85. The van der Waals surface area contributed by atoms with Crippen molar-refractivity contribution in [2.24, 2.45) is 0 Å². The minimum atomic E-state index is -0.659. The summed E-state index contributed by atoms with van der Waals surface area (Å²) >= 11 is 0. The van der Waals surface area contributed by atoms with E-state index in [2.05, 4.69) is 18.8 Å². The molecule has 0 spiro atoms. The first-order valence-electron chi connectivity index (χ1n) is 10.2. The number of rotatable bonds is 5. The second-order valence-electron chi connectivity index (χ2n) is 7.48. The molecule has 1 nitrogen and oxygen atoms in total. The van der Waals surface area contributed by atoms with E-state index in [1.54, 1.807) is 25.1 Å². The standard InChI is InChI=1S/C27H22F3N/c1-3-4-5-6-19-13-18(2)24(27(30)14-19)12-11-20-7-8-21(15-25(20)28)22-9-10-23(17-31)26(29)16-22/h7-10,13-16H,3-6H2,1-2H3. The second kappa shape index (κ2) is 10.0. The van der Waals surface area contributed by atoms with Crippen LogP contribution in [0.1, 0.15) is 54.0 Å². The molecule has 31 heavy (non-hydrogen) atoms. The van der Waals surface area contributed by atoms with E-state index in [-0.39, 0.29) is 16.7 Å². The van der Waals surface area contributed by atoms with E-state index < -0.39 is 17.5 Å². The molecule has 3 rings (SSSR count). The summed E-state index contributed by atoms with van der Waals surface area (Å²) in [5.74, 6) is 3.83. The number of nitriles is 1. The maximum Gasteiger partial charge on any atom is 0.141 e. The normalized spacial score (nSPS) is 10.3. The van der Waals surface area contributed by atoms with Gasteiger partial charge in [-0.15, -0.1) is 0 Å². The number of aryl methyl sites for hydroxylation is 2. The van der Waals surface area contributed by atoms with Crippen LogP contribution >= 0.6 is 0 Å².